The van der Waals surface area contributed by atoms with Crippen LogP contribution in [0, 0.1) is 5.82 Å². The summed E-state index contributed by atoms with van der Waals surface area (Å²) in [7, 11) is -3.88. The Labute approximate surface area is 186 Å². The number of sulfonamides is 1. The van der Waals surface area contributed by atoms with Gasteiger partial charge in [-0.05, 0) is 56.0 Å². The van der Waals surface area contributed by atoms with Gasteiger partial charge in [0.05, 0.1) is 16.0 Å². The number of carbonyl (C=O) groups excluding carboxylic acids is 1. The third kappa shape index (κ3) is 4.25. The summed E-state index contributed by atoms with van der Waals surface area (Å²) < 4.78 is 41.6. The first-order chi connectivity index (χ1) is 15.4. The fraction of sp³-hybridized carbons (Fsp3) is 0.333. The highest BCUT2D eigenvalue weighted by Crippen LogP contribution is 2.40. The van der Waals surface area contributed by atoms with Crippen molar-refractivity contribution in [3.05, 3.63) is 71.7 Å². The van der Waals surface area contributed by atoms with Gasteiger partial charge in [0.25, 0.3) is 5.91 Å². The zero-order valence-corrected chi connectivity index (χ0v) is 18.3. The third-order valence-corrected chi connectivity index (χ3v) is 7.62. The molecule has 1 saturated heterocycles. The molecule has 32 heavy (non-hydrogen) atoms. The number of nitrogens with zero attached hydrogens (tertiary/aromatic N) is 2. The van der Waals surface area contributed by atoms with Gasteiger partial charge < -0.3 is 4.90 Å². The first-order valence-electron chi connectivity index (χ1n) is 10.9. The van der Waals surface area contributed by atoms with Gasteiger partial charge in [0.2, 0.25) is 10.0 Å². The van der Waals surface area contributed by atoms with Crippen LogP contribution in [0.3, 0.4) is 0 Å². The third-order valence-electron chi connectivity index (χ3n) is 6.10. The molecule has 1 N–H and O–H groups in total. The van der Waals surface area contributed by atoms with Gasteiger partial charge >= 0.3 is 0 Å². The fourth-order valence-corrected chi connectivity index (χ4v) is 5.60. The molecule has 1 aliphatic heterocycles. The molecule has 1 unspecified atom stereocenters. The minimum absolute atomic E-state index is 0.111. The molecule has 6 nitrogen and oxygen atoms in total. The fourth-order valence-electron chi connectivity index (χ4n) is 4.31. The van der Waals surface area contributed by atoms with Crippen molar-refractivity contribution in [3.8, 4) is 0 Å². The number of halogens is 1. The standard InChI is InChI=1S/C24H24FN3O3S/c25-17-5-3-7-19(13-17)32(30,31)27-18-6-4-12-28(15-18)24(29)21-14-23(16-10-11-16)26-22-9-2-1-8-20(21)22/h1-3,5,7-9,13-14,16,18,27H,4,6,10-12,15H2. The highest BCUT2D eigenvalue weighted by atomic mass is 32.2. The predicted octanol–water partition coefficient (Wildman–Crippen LogP) is 3.83. The number of hydrogen-bond acceptors (Lipinski definition) is 4. The van der Waals surface area contributed by atoms with E-state index >= 15 is 0 Å². The maximum absolute atomic E-state index is 13.5. The number of aromatic nitrogens is 1. The van der Waals surface area contributed by atoms with Crippen LogP contribution in [0.5, 0.6) is 0 Å². The van der Waals surface area contributed by atoms with Crippen LogP contribution in [-0.2, 0) is 10.0 Å². The number of nitrogens with one attached hydrogen (secondary N) is 1. The lowest BCUT2D eigenvalue weighted by Gasteiger charge is -2.33. The first-order valence-corrected chi connectivity index (χ1v) is 12.4. The molecule has 2 aromatic carbocycles. The molecule has 0 spiro atoms. The molecule has 1 aliphatic carbocycles. The Morgan fingerprint density at radius 1 is 1.06 bits per heavy atom. The van der Waals surface area contributed by atoms with E-state index in [1.807, 2.05) is 30.3 Å². The number of pyridine rings is 1. The van der Waals surface area contributed by atoms with E-state index < -0.39 is 21.9 Å². The van der Waals surface area contributed by atoms with E-state index in [-0.39, 0.29) is 17.3 Å². The summed E-state index contributed by atoms with van der Waals surface area (Å²) in [6.45, 7) is 0.829. The number of amides is 1. The molecule has 2 fully saturated rings. The van der Waals surface area contributed by atoms with Crippen LogP contribution in [0.4, 0.5) is 4.39 Å². The lowest BCUT2D eigenvalue weighted by molar-refractivity contribution is 0.0705. The highest BCUT2D eigenvalue weighted by Gasteiger charge is 2.31. The molecule has 5 rings (SSSR count). The van der Waals surface area contributed by atoms with E-state index in [4.69, 9.17) is 4.98 Å². The Balaban J connectivity index is 1.38. The van der Waals surface area contributed by atoms with Gasteiger partial charge in [-0.2, -0.15) is 0 Å². The van der Waals surface area contributed by atoms with Crippen molar-refractivity contribution in [2.24, 2.45) is 0 Å². The maximum atomic E-state index is 13.5. The van der Waals surface area contributed by atoms with Crippen LogP contribution in [0.25, 0.3) is 10.9 Å². The van der Waals surface area contributed by atoms with Crippen LogP contribution in [0.15, 0.2) is 59.5 Å². The van der Waals surface area contributed by atoms with Crippen molar-refractivity contribution in [3.63, 3.8) is 0 Å². The number of carbonyl (C=O) groups is 1. The first kappa shape index (κ1) is 21.0. The van der Waals surface area contributed by atoms with Gasteiger partial charge in [-0.3, -0.25) is 9.78 Å². The van der Waals surface area contributed by atoms with Gasteiger partial charge in [-0.15, -0.1) is 0 Å². The van der Waals surface area contributed by atoms with Crippen molar-refractivity contribution < 1.29 is 17.6 Å². The molecule has 0 bridgehead atoms. The van der Waals surface area contributed by atoms with E-state index in [0.29, 0.717) is 30.9 Å². The monoisotopic (exact) mass is 453 g/mol. The highest BCUT2D eigenvalue weighted by molar-refractivity contribution is 7.89. The molecular weight excluding hydrogens is 429 g/mol. The van der Waals surface area contributed by atoms with Crippen LogP contribution >= 0.6 is 0 Å². The summed E-state index contributed by atoms with van der Waals surface area (Å²) in [5.74, 6) is -0.303. The predicted molar refractivity (Wildman–Crippen MR) is 119 cm³/mol. The smallest absolute Gasteiger partial charge is 0.254 e. The van der Waals surface area contributed by atoms with E-state index in [2.05, 4.69) is 4.72 Å². The van der Waals surface area contributed by atoms with Gasteiger partial charge in [-0.1, -0.05) is 24.3 Å². The molecule has 2 aliphatic rings. The van der Waals surface area contributed by atoms with E-state index in [1.165, 1.54) is 18.2 Å². The average Bonchev–Trinajstić information content (AvgIpc) is 3.63. The van der Waals surface area contributed by atoms with Crippen LogP contribution in [0.2, 0.25) is 0 Å². The Morgan fingerprint density at radius 2 is 1.88 bits per heavy atom. The number of likely N-dealkylation sites (tertiary alicyclic amines) is 1. The normalized spacial score (nSPS) is 19.3. The van der Waals surface area contributed by atoms with Crippen molar-refractivity contribution >= 4 is 26.8 Å². The Hall–Kier alpha value is -2.84. The van der Waals surface area contributed by atoms with Crippen molar-refractivity contribution in [2.75, 3.05) is 13.1 Å². The molecule has 1 aromatic heterocycles. The molecule has 3 aromatic rings. The molecular formula is C24H24FN3O3S. The largest absolute Gasteiger partial charge is 0.337 e. The van der Waals surface area contributed by atoms with Crippen molar-refractivity contribution in [1.29, 1.82) is 0 Å². The molecule has 1 saturated carbocycles. The Kier molecular flexibility index (Phi) is 5.43. The zero-order valence-electron chi connectivity index (χ0n) is 17.5. The summed E-state index contributed by atoms with van der Waals surface area (Å²) in [6, 6.07) is 14.0. The van der Waals surface area contributed by atoms with Gasteiger partial charge in [0.15, 0.2) is 0 Å². The second-order valence-corrected chi connectivity index (χ2v) is 10.3. The van der Waals surface area contributed by atoms with Gasteiger partial charge in [0, 0.05) is 36.1 Å². The number of hydrogen-bond donors (Lipinski definition) is 1. The summed E-state index contributed by atoms with van der Waals surface area (Å²) >= 11 is 0. The van der Waals surface area contributed by atoms with Gasteiger partial charge in [0.1, 0.15) is 5.82 Å². The summed E-state index contributed by atoms with van der Waals surface area (Å²) in [5.41, 5.74) is 2.37. The molecule has 2 heterocycles. The molecule has 1 atom stereocenters. The second-order valence-electron chi connectivity index (χ2n) is 8.56. The minimum Gasteiger partial charge on any atom is -0.337 e. The Morgan fingerprint density at radius 3 is 2.66 bits per heavy atom. The number of rotatable bonds is 5. The number of fused-ring (bicyclic) bond motifs is 1. The lowest BCUT2D eigenvalue weighted by Crippen LogP contribution is -2.49. The maximum Gasteiger partial charge on any atom is 0.254 e. The number of benzene rings is 2. The quantitative estimate of drug-likeness (QED) is 0.637. The molecule has 8 heteroatoms. The van der Waals surface area contributed by atoms with Crippen molar-refractivity contribution in [1.82, 2.24) is 14.6 Å². The van der Waals surface area contributed by atoms with Gasteiger partial charge in [-0.25, -0.2) is 17.5 Å². The lowest BCUT2D eigenvalue weighted by atomic mass is 10.0. The van der Waals surface area contributed by atoms with Crippen LogP contribution < -0.4 is 4.72 Å². The summed E-state index contributed by atoms with van der Waals surface area (Å²) in [4.78, 5) is 19.8. The van der Waals surface area contributed by atoms with E-state index in [1.54, 1.807) is 4.90 Å². The Bertz CT molecular complexity index is 1290. The molecule has 1 amide bonds. The average molecular weight is 454 g/mol. The minimum atomic E-state index is -3.88. The number of para-hydroxylation sites is 1. The summed E-state index contributed by atoms with van der Waals surface area (Å²) in [6.07, 6.45) is 3.47. The summed E-state index contributed by atoms with van der Waals surface area (Å²) in [5, 5.41) is 0.810. The second kappa shape index (κ2) is 8.26. The molecule has 166 valence electrons. The topological polar surface area (TPSA) is 79.4 Å². The van der Waals surface area contributed by atoms with E-state index in [9.17, 15) is 17.6 Å². The van der Waals surface area contributed by atoms with E-state index in [0.717, 1.165) is 35.5 Å². The number of piperidine rings is 1. The SMILES string of the molecule is O=C(c1cc(C2CC2)nc2ccccc12)N1CCCC(NS(=O)(=O)c2cccc(F)c2)C1. The van der Waals surface area contributed by atoms with Crippen LogP contribution in [0.1, 0.15) is 47.7 Å². The zero-order chi connectivity index (χ0) is 22.3. The van der Waals surface area contributed by atoms with Crippen LogP contribution in [-0.4, -0.2) is 43.3 Å². The molecule has 0 radical (unpaired) electrons. The van der Waals surface area contributed by atoms with Crippen molar-refractivity contribution in [2.45, 2.75) is 42.5 Å².